The second-order valence-electron chi connectivity index (χ2n) is 3.97. The maximum atomic E-state index is 12.3. The normalized spacial score (nSPS) is 12.4. The summed E-state index contributed by atoms with van der Waals surface area (Å²) in [5.41, 5.74) is 0. The molecule has 1 unspecified atom stereocenters. The van der Waals surface area contributed by atoms with Crippen molar-refractivity contribution in [3.05, 3.63) is 0 Å². The molecular formula is C10H14F3N3O3. The SMILES string of the molecule is CC(CC#N)N(C)C(=O)N(CC(=O)O)CC(F)(F)F. The molecule has 0 radical (unpaired) electrons. The minimum Gasteiger partial charge on any atom is -0.480 e. The monoisotopic (exact) mass is 281 g/mol. The first kappa shape index (κ1) is 17.0. The second kappa shape index (κ2) is 6.82. The van der Waals surface area contributed by atoms with Gasteiger partial charge in [0.05, 0.1) is 12.5 Å². The summed E-state index contributed by atoms with van der Waals surface area (Å²) >= 11 is 0. The van der Waals surface area contributed by atoms with Crippen LogP contribution in [0.25, 0.3) is 0 Å². The van der Waals surface area contributed by atoms with Crippen LogP contribution in [0.5, 0.6) is 0 Å². The van der Waals surface area contributed by atoms with E-state index >= 15 is 0 Å². The quantitative estimate of drug-likeness (QED) is 0.822. The van der Waals surface area contributed by atoms with Gasteiger partial charge in [-0.15, -0.1) is 0 Å². The molecule has 108 valence electrons. The summed E-state index contributed by atoms with van der Waals surface area (Å²) < 4.78 is 36.8. The van der Waals surface area contributed by atoms with Crippen LogP contribution in [0.1, 0.15) is 13.3 Å². The number of alkyl halides is 3. The molecule has 0 fully saturated rings. The first-order chi connectivity index (χ1) is 8.58. The molecule has 0 saturated carbocycles. The topological polar surface area (TPSA) is 84.6 Å². The van der Waals surface area contributed by atoms with Crippen LogP contribution in [0.4, 0.5) is 18.0 Å². The third-order valence-electron chi connectivity index (χ3n) is 2.32. The Morgan fingerprint density at radius 2 is 1.95 bits per heavy atom. The number of halogens is 3. The number of nitrogens with zero attached hydrogens (tertiary/aromatic N) is 3. The Kier molecular flexibility index (Phi) is 6.11. The Labute approximate surface area is 108 Å². The molecule has 0 bridgehead atoms. The van der Waals surface area contributed by atoms with Crippen molar-refractivity contribution in [2.24, 2.45) is 0 Å². The number of amides is 2. The minimum absolute atomic E-state index is 0.0603. The first-order valence-electron chi connectivity index (χ1n) is 5.25. The van der Waals surface area contributed by atoms with Crippen LogP contribution in [-0.4, -0.2) is 59.3 Å². The van der Waals surface area contributed by atoms with Crippen molar-refractivity contribution >= 4 is 12.0 Å². The number of rotatable bonds is 5. The largest absolute Gasteiger partial charge is 0.480 e. The van der Waals surface area contributed by atoms with Crippen LogP contribution in [0.2, 0.25) is 0 Å². The number of nitriles is 1. The summed E-state index contributed by atoms with van der Waals surface area (Å²) in [6.07, 6.45) is -4.75. The molecule has 0 heterocycles. The van der Waals surface area contributed by atoms with Crippen molar-refractivity contribution in [2.75, 3.05) is 20.1 Å². The summed E-state index contributed by atoms with van der Waals surface area (Å²) in [5.74, 6) is -1.54. The molecule has 0 aliphatic heterocycles. The fraction of sp³-hybridized carbons (Fsp3) is 0.700. The number of carbonyl (C=O) groups is 2. The van der Waals surface area contributed by atoms with Gasteiger partial charge in [0.15, 0.2) is 0 Å². The van der Waals surface area contributed by atoms with Crippen LogP contribution in [0.15, 0.2) is 0 Å². The van der Waals surface area contributed by atoms with Crippen LogP contribution in [0, 0.1) is 11.3 Å². The Morgan fingerprint density at radius 3 is 2.32 bits per heavy atom. The number of carboxylic acid groups (broad SMARTS) is 1. The summed E-state index contributed by atoms with van der Waals surface area (Å²) in [6.45, 7) is -1.22. The van der Waals surface area contributed by atoms with Crippen molar-refractivity contribution < 1.29 is 27.9 Å². The van der Waals surface area contributed by atoms with Gasteiger partial charge in [-0.3, -0.25) is 4.79 Å². The van der Waals surface area contributed by atoms with Gasteiger partial charge in [0.2, 0.25) is 0 Å². The molecule has 1 N–H and O–H groups in total. The lowest BCUT2D eigenvalue weighted by molar-refractivity contribution is -0.149. The molecule has 0 aromatic carbocycles. The standard InChI is InChI=1S/C10H14F3N3O3/c1-7(3-4-14)15(2)9(19)16(5-8(17)18)6-10(11,12)13/h7H,3,5-6H2,1-2H3,(H,17,18). The zero-order valence-electron chi connectivity index (χ0n) is 10.4. The zero-order chi connectivity index (χ0) is 15.2. The Morgan fingerprint density at radius 1 is 1.42 bits per heavy atom. The van der Waals surface area contributed by atoms with Gasteiger partial charge in [-0.25, -0.2) is 4.79 Å². The van der Waals surface area contributed by atoms with E-state index in [9.17, 15) is 22.8 Å². The average Bonchev–Trinajstić information content (AvgIpc) is 2.24. The van der Waals surface area contributed by atoms with E-state index in [1.807, 2.05) is 0 Å². The highest BCUT2D eigenvalue weighted by molar-refractivity contribution is 5.80. The molecule has 0 aliphatic rings. The molecule has 0 aliphatic carbocycles. The Bertz CT molecular complexity index is 378. The van der Waals surface area contributed by atoms with Gasteiger partial charge in [-0.05, 0) is 6.92 Å². The predicted octanol–water partition coefficient (Wildman–Crippen LogP) is 1.29. The Hall–Kier alpha value is -1.98. The molecule has 19 heavy (non-hydrogen) atoms. The van der Waals surface area contributed by atoms with Crippen molar-refractivity contribution in [2.45, 2.75) is 25.6 Å². The van der Waals surface area contributed by atoms with E-state index in [1.54, 1.807) is 6.07 Å². The molecule has 6 nitrogen and oxygen atoms in total. The molecule has 9 heteroatoms. The van der Waals surface area contributed by atoms with E-state index in [0.29, 0.717) is 0 Å². The fourth-order valence-electron chi connectivity index (χ4n) is 1.25. The van der Waals surface area contributed by atoms with Gasteiger partial charge in [0.25, 0.3) is 0 Å². The highest BCUT2D eigenvalue weighted by Gasteiger charge is 2.35. The number of urea groups is 1. The molecule has 0 rings (SSSR count). The van der Waals surface area contributed by atoms with E-state index < -0.39 is 37.3 Å². The van der Waals surface area contributed by atoms with Crippen LogP contribution < -0.4 is 0 Å². The van der Waals surface area contributed by atoms with Gasteiger partial charge in [-0.2, -0.15) is 18.4 Å². The molecule has 0 aromatic heterocycles. The number of hydrogen-bond donors (Lipinski definition) is 1. The number of carboxylic acids is 1. The maximum absolute atomic E-state index is 12.3. The van der Waals surface area contributed by atoms with Crippen LogP contribution in [-0.2, 0) is 4.79 Å². The van der Waals surface area contributed by atoms with E-state index in [0.717, 1.165) is 4.90 Å². The number of carbonyl (C=O) groups excluding carboxylic acids is 1. The lowest BCUT2D eigenvalue weighted by atomic mass is 10.2. The summed E-state index contributed by atoms with van der Waals surface area (Å²) in [7, 11) is 1.22. The molecule has 0 saturated heterocycles. The first-order valence-corrected chi connectivity index (χ1v) is 5.25. The fourth-order valence-corrected chi connectivity index (χ4v) is 1.25. The number of hydrogen-bond acceptors (Lipinski definition) is 3. The smallest absolute Gasteiger partial charge is 0.406 e. The highest BCUT2D eigenvalue weighted by Crippen LogP contribution is 2.18. The molecule has 0 spiro atoms. The number of aliphatic carboxylic acids is 1. The lowest BCUT2D eigenvalue weighted by Crippen LogP contribution is -2.50. The summed E-state index contributed by atoms with van der Waals surface area (Å²) in [4.78, 5) is 23.3. The van der Waals surface area contributed by atoms with Gasteiger partial charge < -0.3 is 14.9 Å². The van der Waals surface area contributed by atoms with Gasteiger partial charge in [0, 0.05) is 13.1 Å². The van der Waals surface area contributed by atoms with Crippen molar-refractivity contribution in [3.63, 3.8) is 0 Å². The molecular weight excluding hydrogens is 267 g/mol. The van der Waals surface area contributed by atoms with Crippen LogP contribution >= 0.6 is 0 Å². The van der Waals surface area contributed by atoms with Crippen LogP contribution in [0.3, 0.4) is 0 Å². The Balaban J connectivity index is 4.90. The third-order valence-corrected chi connectivity index (χ3v) is 2.32. The van der Waals surface area contributed by atoms with Gasteiger partial charge >= 0.3 is 18.2 Å². The lowest BCUT2D eigenvalue weighted by Gasteiger charge is -2.30. The molecule has 0 aromatic rings. The average molecular weight is 281 g/mol. The van der Waals surface area contributed by atoms with E-state index in [1.165, 1.54) is 14.0 Å². The van der Waals surface area contributed by atoms with E-state index in [-0.39, 0.29) is 11.3 Å². The van der Waals surface area contributed by atoms with Gasteiger partial charge in [-0.1, -0.05) is 0 Å². The highest BCUT2D eigenvalue weighted by atomic mass is 19.4. The summed E-state index contributed by atoms with van der Waals surface area (Å²) in [5, 5.41) is 17.0. The van der Waals surface area contributed by atoms with E-state index in [2.05, 4.69) is 0 Å². The second-order valence-corrected chi connectivity index (χ2v) is 3.97. The molecule has 2 amide bonds. The van der Waals surface area contributed by atoms with Crippen molar-refractivity contribution in [3.8, 4) is 6.07 Å². The summed E-state index contributed by atoms with van der Waals surface area (Å²) in [6, 6.07) is 0.0900. The van der Waals surface area contributed by atoms with Gasteiger partial charge in [0.1, 0.15) is 13.1 Å². The molecule has 1 atom stereocenters. The van der Waals surface area contributed by atoms with Crippen molar-refractivity contribution in [1.29, 1.82) is 5.26 Å². The van der Waals surface area contributed by atoms with E-state index in [4.69, 9.17) is 10.4 Å². The third kappa shape index (κ3) is 6.49. The minimum atomic E-state index is -4.69. The predicted molar refractivity (Wildman–Crippen MR) is 58.1 cm³/mol. The zero-order valence-corrected chi connectivity index (χ0v) is 10.4. The van der Waals surface area contributed by atoms with Crippen molar-refractivity contribution in [1.82, 2.24) is 9.80 Å². The maximum Gasteiger partial charge on any atom is 0.406 e.